The highest BCUT2D eigenvalue weighted by atomic mass is 19.4. The third-order valence-corrected chi connectivity index (χ3v) is 3.97. The van der Waals surface area contributed by atoms with E-state index >= 15 is 0 Å². The first kappa shape index (κ1) is 21.3. The van der Waals surface area contributed by atoms with Gasteiger partial charge in [-0.3, -0.25) is 9.59 Å². The average Bonchev–Trinajstić information content (AvgIpc) is 2.62. The number of nitrogens with one attached hydrogen (secondary N) is 2. The van der Waals surface area contributed by atoms with Crippen molar-refractivity contribution in [2.24, 2.45) is 0 Å². The topological polar surface area (TPSA) is 67.4 Å². The number of ether oxygens (including phenoxy) is 1. The second kappa shape index (κ2) is 8.77. The predicted molar refractivity (Wildman–Crippen MR) is 99.0 cm³/mol. The molecule has 2 N–H and O–H groups in total. The minimum atomic E-state index is -4.65. The van der Waals surface area contributed by atoms with E-state index < -0.39 is 35.3 Å². The Kier molecular flexibility index (Phi) is 6.66. The predicted octanol–water partition coefficient (Wildman–Crippen LogP) is 4.23. The van der Waals surface area contributed by atoms with Crippen LogP contribution >= 0.6 is 0 Å². The summed E-state index contributed by atoms with van der Waals surface area (Å²) in [4.78, 5) is 24.3. The number of hydrogen-bond donors (Lipinski definition) is 2. The van der Waals surface area contributed by atoms with Gasteiger partial charge in [0.25, 0.3) is 0 Å². The summed E-state index contributed by atoms with van der Waals surface area (Å²) in [6.07, 6.45) is -4.65. The molecule has 0 aliphatic heterocycles. The molecular weight excluding hydrogens is 373 g/mol. The smallest absolute Gasteiger partial charge is 0.418 e. The summed E-state index contributed by atoms with van der Waals surface area (Å²) >= 11 is 0. The Hall–Kier alpha value is -3.03. The van der Waals surface area contributed by atoms with Crippen molar-refractivity contribution in [2.45, 2.75) is 33.0 Å². The molecule has 2 amide bonds. The maximum Gasteiger partial charge on any atom is 0.418 e. The molecule has 0 radical (unpaired) electrons. The van der Waals surface area contributed by atoms with Gasteiger partial charge in [0.2, 0.25) is 0 Å². The van der Waals surface area contributed by atoms with E-state index in [1.807, 2.05) is 31.3 Å². The van der Waals surface area contributed by atoms with Crippen molar-refractivity contribution in [1.29, 1.82) is 0 Å². The van der Waals surface area contributed by atoms with E-state index in [1.54, 1.807) is 13.0 Å². The second-order valence-electron chi connectivity index (χ2n) is 6.17. The molecule has 0 saturated carbocycles. The van der Waals surface area contributed by atoms with Gasteiger partial charge in [0.15, 0.2) is 0 Å². The minimum Gasteiger partial charge on any atom is -0.494 e. The maximum atomic E-state index is 13.0. The monoisotopic (exact) mass is 394 g/mol. The lowest BCUT2D eigenvalue weighted by Gasteiger charge is -2.19. The molecule has 0 heterocycles. The van der Waals surface area contributed by atoms with E-state index in [9.17, 15) is 22.8 Å². The van der Waals surface area contributed by atoms with Crippen molar-refractivity contribution in [3.63, 3.8) is 0 Å². The highest BCUT2D eigenvalue weighted by Gasteiger charge is 2.34. The van der Waals surface area contributed by atoms with Crippen LogP contribution in [0.15, 0.2) is 42.5 Å². The summed E-state index contributed by atoms with van der Waals surface area (Å²) in [5, 5.41) is 4.51. The normalized spacial score (nSPS) is 12.2. The van der Waals surface area contributed by atoms with Crippen LogP contribution < -0.4 is 15.4 Å². The molecular formula is C20H21F3N2O3. The molecule has 1 unspecified atom stereocenters. The van der Waals surface area contributed by atoms with Crippen LogP contribution in [-0.4, -0.2) is 18.4 Å². The van der Waals surface area contributed by atoms with Gasteiger partial charge in [0.1, 0.15) is 5.75 Å². The van der Waals surface area contributed by atoms with E-state index in [4.69, 9.17) is 4.74 Å². The van der Waals surface area contributed by atoms with Gasteiger partial charge < -0.3 is 15.4 Å². The van der Waals surface area contributed by atoms with E-state index in [2.05, 4.69) is 5.32 Å². The Morgan fingerprint density at radius 2 is 1.79 bits per heavy atom. The molecule has 150 valence electrons. The number of hydrogen-bond acceptors (Lipinski definition) is 3. The molecule has 2 aromatic rings. The van der Waals surface area contributed by atoms with Gasteiger partial charge in [-0.2, -0.15) is 13.2 Å². The van der Waals surface area contributed by atoms with Gasteiger partial charge >= 0.3 is 18.0 Å². The van der Waals surface area contributed by atoms with Crippen LogP contribution in [0.4, 0.5) is 18.9 Å². The van der Waals surface area contributed by atoms with E-state index in [0.717, 1.165) is 17.7 Å². The molecule has 0 aromatic heterocycles. The molecule has 0 fully saturated rings. The summed E-state index contributed by atoms with van der Waals surface area (Å²) in [5.41, 5.74) is 0.0941. The van der Waals surface area contributed by atoms with Crippen LogP contribution in [0.1, 0.15) is 36.6 Å². The Morgan fingerprint density at radius 3 is 2.43 bits per heavy atom. The molecule has 0 saturated heterocycles. The lowest BCUT2D eigenvalue weighted by atomic mass is 10.0. The fourth-order valence-corrected chi connectivity index (χ4v) is 2.65. The van der Waals surface area contributed by atoms with Crippen LogP contribution in [-0.2, 0) is 15.8 Å². The highest BCUT2D eigenvalue weighted by molar-refractivity contribution is 6.39. The van der Waals surface area contributed by atoms with Crippen LogP contribution in [0.2, 0.25) is 0 Å². The van der Waals surface area contributed by atoms with E-state index in [-0.39, 0.29) is 0 Å². The Morgan fingerprint density at radius 1 is 1.11 bits per heavy atom. The molecule has 0 aliphatic rings. The Bertz CT molecular complexity index is 866. The van der Waals surface area contributed by atoms with Gasteiger partial charge in [-0.1, -0.05) is 29.8 Å². The molecule has 28 heavy (non-hydrogen) atoms. The third kappa shape index (κ3) is 5.25. The quantitative estimate of drug-likeness (QED) is 0.746. The van der Waals surface area contributed by atoms with Gasteiger partial charge in [-0.05, 0) is 39.0 Å². The molecule has 1 atom stereocenters. The van der Waals surface area contributed by atoms with E-state index in [0.29, 0.717) is 17.9 Å². The number of para-hydroxylation sites is 1. The summed E-state index contributed by atoms with van der Waals surface area (Å²) in [5.74, 6) is -1.67. The van der Waals surface area contributed by atoms with Gasteiger partial charge in [0.05, 0.1) is 23.9 Å². The number of aryl methyl sites for hydroxylation is 1. The first-order valence-corrected chi connectivity index (χ1v) is 8.65. The fraction of sp³-hybridized carbons (Fsp3) is 0.300. The van der Waals surface area contributed by atoms with Crippen molar-refractivity contribution < 1.29 is 27.5 Å². The molecule has 2 aromatic carbocycles. The third-order valence-electron chi connectivity index (χ3n) is 3.97. The summed E-state index contributed by atoms with van der Waals surface area (Å²) in [6.45, 7) is 5.77. The number of anilines is 1. The molecule has 0 aliphatic carbocycles. The van der Waals surface area contributed by atoms with Crippen LogP contribution in [0.5, 0.6) is 5.75 Å². The molecule has 2 rings (SSSR count). The zero-order chi connectivity index (χ0) is 20.9. The first-order valence-electron chi connectivity index (χ1n) is 8.65. The molecule has 0 bridgehead atoms. The molecule has 0 spiro atoms. The van der Waals surface area contributed by atoms with Crippen molar-refractivity contribution >= 4 is 17.5 Å². The fourth-order valence-electron chi connectivity index (χ4n) is 2.65. The van der Waals surface area contributed by atoms with E-state index in [1.165, 1.54) is 12.1 Å². The number of amides is 2. The number of carbonyl (C=O) groups is 2. The number of benzene rings is 2. The second-order valence-corrected chi connectivity index (χ2v) is 6.17. The van der Waals surface area contributed by atoms with Crippen LogP contribution in [0, 0.1) is 6.92 Å². The lowest BCUT2D eigenvalue weighted by molar-refractivity contribution is -0.138. The van der Waals surface area contributed by atoms with Crippen molar-refractivity contribution in [2.75, 3.05) is 11.9 Å². The average molecular weight is 394 g/mol. The summed E-state index contributed by atoms with van der Waals surface area (Å²) in [6, 6.07) is 9.30. The summed E-state index contributed by atoms with van der Waals surface area (Å²) in [7, 11) is 0. The zero-order valence-corrected chi connectivity index (χ0v) is 15.7. The number of halogens is 3. The van der Waals surface area contributed by atoms with Crippen molar-refractivity contribution in [1.82, 2.24) is 5.32 Å². The highest BCUT2D eigenvalue weighted by Crippen LogP contribution is 2.34. The van der Waals surface area contributed by atoms with Gasteiger partial charge in [0, 0.05) is 5.56 Å². The Labute approximate surface area is 160 Å². The van der Waals surface area contributed by atoms with Crippen LogP contribution in [0.3, 0.4) is 0 Å². The number of alkyl halides is 3. The number of carbonyl (C=O) groups excluding carboxylic acids is 2. The standard InChI is InChI=1S/C20H21F3N2O3/c1-4-28-17-10-9-12(2)11-14(17)13(3)24-18(26)19(27)25-16-8-6-5-7-15(16)20(21,22)23/h5-11,13H,4H2,1-3H3,(H,24,26)(H,25,27). The molecule has 8 heteroatoms. The largest absolute Gasteiger partial charge is 0.494 e. The van der Waals surface area contributed by atoms with Crippen molar-refractivity contribution in [3.05, 3.63) is 59.2 Å². The zero-order valence-electron chi connectivity index (χ0n) is 15.7. The van der Waals surface area contributed by atoms with Crippen LogP contribution in [0.25, 0.3) is 0 Å². The summed E-state index contributed by atoms with van der Waals surface area (Å²) < 4.78 is 44.6. The Balaban J connectivity index is 2.14. The minimum absolute atomic E-state index is 0.422. The van der Waals surface area contributed by atoms with Gasteiger partial charge in [-0.15, -0.1) is 0 Å². The first-order chi connectivity index (χ1) is 13.1. The lowest BCUT2D eigenvalue weighted by Crippen LogP contribution is -2.37. The van der Waals surface area contributed by atoms with Crippen molar-refractivity contribution in [3.8, 4) is 5.75 Å². The SMILES string of the molecule is CCOc1ccc(C)cc1C(C)NC(=O)C(=O)Nc1ccccc1C(F)(F)F. The number of rotatable bonds is 5. The molecule has 5 nitrogen and oxygen atoms in total. The van der Waals surface area contributed by atoms with Gasteiger partial charge in [-0.25, -0.2) is 0 Å². The maximum absolute atomic E-state index is 13.0.